The molecule has 0 spiro atoms. The first-order valence-electron chi connectivity index (χ1n) is 10.6. The van der Waals surface area contributed by atoms with Gasteiger partial charge < -0.3 is 19.9 Å². The molecule has 2 saturated heterocycles. The zero-order valence-corrected chi connectivity index (χ0v) is 18.2. The summed E-state index contributed by atoms with van der Waals surface area (Å²) in [5, 5.41) is 3.19. The minimum Gasteiger partial charge on any atom is -0.377 e. The van der Waals surface area contributed by atoms with Gasteiger partial charge in [-0.25, -0.2) is 0 Å². The van der Waals surface area contributed by atoms with Gasteiger partial charge in [0.05, 0.1) is 11.7 Å². The predicted octanol–water partition coefficient (Wildman–Crippen LogP) is 2.96. The lowest BCUT2D eigenvalue weighted by molar-refractivity contribution is 0.0932. The largest absolute Gasteiger partial charge is 0.377 e. The van der Waals surface area contributed by atoms with Crippen molar-refractivity contribution in [3.8, 4) is 0 Å². The van der Waals surface area contributed by atoms with E-state index in [1.165, 1.54) is 12.8 Å². The van der Waals surface area contributed by atoms with Crippen molar-refractivity contribution in [1.29, 1.82) is 0 Å². The number of hydrogen-bond donors (Lipinski definition) is 1. The summed E-state index contributed by atoms with van der Waals surface area (Å²) >= 11 is 1.75. The third-order valence-electron chi connectivity index (χ3n) is 5.70. The fourth-order valence-electron chi connectivity index (χ4n) is 3.83. The van der Waals surface area contributed by atoms with Crippen molar-refractivity contribution in [3.05, 3.63) is 29.8 Å². The maximum absolute atomic E-state index is 12.8. The van der Waals surface area contributed by atoms with E-state index >= 15 is 0 Å². The number of carbonyl (C=O) groups excluding carboxylic acids is 1. The van der Waals surface area contributed by atoms with Gasteiger partial charge in [-0.05, 0) is 70.9 Å². The summed E-state index contributed by atoms with van der Waals surface area (Å²) < 4.78 is 5.71. The van der Waals surface area contributed by atoms with Crippen molar-refractivity contribution < 1.29 is 9.53 Å². The van der Waals surface area contributed by atoms with Crippen LogP contribution in [-0.2, 0) is 4.74 Å². The first-order chi connectivity index (χ1) is 13.6. The smallest absolute Gasteiger partial charge is 0.252 e. The molecule has 2 aliphatic rings. The van der Waals surface area contributed by atoms with Crippen LogP contribution in [0.4, 0.5) is 0 Å². The third kappa shape index (κ3) is 6.76. The minimum absolute atomic E-state index is 0.0606. The number of amides is 1. The lowest BCUT2D eigenvalue weighted by Gasteiger charge is -2.32. The molecule has 6 heteroatoms. The van der Waals surface area contributed by atoms with E-state index in [-0.39, 0.29) is 5.91 Å². The first-order valence-corrected chi connectivity index (χ1v) is 11.6. The van der Waals surface area contributed by atoms with Crippen LogP contribution in [0.25, 0.3) is 0 Å². The first kappa shape index (κ1) is 21.6. The molecule has 2 fully saturated rings. The molecule has 1 amide bonds. The Kier molecular flexibility index (Phi) is 8.65. The molecule has 0 aliphatic carbocycles. The van der Waals surface area contributed by atoms with E-state index in [0.717, 1.165) is 68.4 Å². The summed E-state index contributed by atoms with van der Waals surface area (Å²) in [6.07, 6.45) is 4.96. The van der Waals surface area contributed by atoms with E-state index in [9.17, 15) is 4.79 Å². The number of benzene rings is 1. The molecule has 2 aliphatic heterocycles. The Balaban J connectivity index is 1.42. The van der Waals surface area contributed by atoms with E-state index in [1.54, 1.807) is 11.8 Å². The molecule has 5 nitrogen and oxygen atoms in total. The maximum atomic E-state index is 12.8. The van der Waals surface area contributed by atoms with Crippen molar-refractivity contribution in [3.63, 3.8) is 0 Å². The topological polar surface area (TPSA) is 44.8 Å². The van der Waals surface area contributed by atoms with E-state index in [1.807, 2.05) is 18.2 Å². The van der Waals surface area contributed by atoms with Crippen molar-refractivity contribution in [2.45, 2.75) is 36.7 Å². The minimum atomic E-state index is 0.0606. The van der Waals surface area contributed by atoms with Crippen LogP contribution in [0.15, 0.2) is 29.2 Å². The van der Waals surface area contributed by atoms with Crippen molar-refractivity contribution in [2.24, 2.45) is 5.92 Å². The lowest BCUT2D eigenvalue weighted by Crippen LogP contribution is -2.41. The molecule has 1 aromatic carbocycles. The van der Waals surface area contributed by atoms with Gasteiger partial charge in [-0.15, -0.1) is 11.8 Å². The monoisotopic (exact) mass is 405 g/mol. The number of ether oxygens (including phenoxy) is 1. The molecule has 0 bridgehead atoms. The average molecular weight is 406 g/mol. The Labute approximate surface area is 174 Å². The molecule has 1 aromatic rings. The Morgan fingerprint density at radius 3 is 2.75 bits per heavy atom. The van der Waals surface area contributed by atoms with Gasteiger partial charge in [-0.1, -0.05) is 12.1 Å². The Bertz CT molecular complexity index is 612. The van der Waals surface area contributed by atoms with Gasteiger partial charge >= 0.3 is 0 Å². The molecule has 3 rings (SSSR count). The normalized spacial score (nSPS) is 21.3. The highest BCUT2D eigenvalue weighted by atomic mass is 32.2. The number of hydrogen-bond acceptors (Lipinski definition) is 5. The van der Waals surface area contributed by atoms with Gasteiger partial charge in [0.1, 0.15) is 0 Å². The number of nitrogens with zero attached hydrogens (tertiary/aromatic N) is 2. The van der Waals surface area contributed by atoms with E-state index in [2.05, 4.69) is 35.3 Å². The third-order valence-corrected chi connectivity index (χ3v) is 6.91. The van der Waals surface area contributed by atoms with Crippen LogP contribution in [0.2, 0.25) is 0 Å². The molecule has 1 atom stereocenters. The van der Waals surface area contributed by atoms with Crippen LogP contribution in [0.1, 0.15) is 36.0 Å². The Hall–Kier alpha value is -1.08. The number of piperidine rings is 1. The highest BCUT2D eigenvalue weighted by Crippen LogP contribution is 2.27. The molecule has 0 aromatic heterocycles. The van der Waals surface area contributed by atoms with Crippen molar-refractivity contribution in [2.75, 3.05) is 59.2 Å². The van der Waals surface area contributed by atoms with Crippen LogP contribution < -0.4 is 5.32 Å². The summed E-state index contributed by atoms with van der Waals surface area (Å²) in [6.45, 7) is 6.19. The highest BCUT2D eigenvalue weighted by Gasteiger charge is 2.21. The van der Waals surface area contributed by atoms with Gasteiger partial charge in [0.2, 0.25) is 0 Å². The molecule has 1 unspecified atom stereocenters. The van der Waals surface area contributed by atoms with E-state index < -0.39 is 0 Å². The van der Waals surface area contributed by atoms with E-state index in [4.69, 9.17) is 4.74 Å². The van der Waals surface area contributed by atoms with E-state index in [0.29, 0.717) is 12.0 Å². The molecule has 2 heterocycles. The number of nitrogens with one attached hydrogen (secondary N) is 1. The zero-order valence-electron chi connectivity index (χ0n) is 17.4. The average Bonchev–Trinajstić information content (AvgIpc) is 3.23. The molecule has 1 N–H and O–H groups in total. The number of thioether (sulfide) groups is 1. The zero-order chi connectivity index (χ0) is 19.8. The number of rotatable bonds is 9. The number of carbonyl (C=O) groups is 1. The summed E-state index contributed by atoms with van der Waals surface area (Å²) in [4.78, 5) is 18.6. The summed E-state index contributed by atoms with van der Waals surface area (Å²) in [5.41, 5.74) is 0.800. The molecular weight excluding hydrogens is 370 g/mol. The molecular formula is C22H35N3O2S. The number of likely N-dealkylation sites (tertiary alicyclic amines) is 1. The predicted molar refractivity (Wildman–Crippen MR) is 116 cm³/mol. The molecule has 28 heavy (non-hydrogen) atoms. The lowest BCUT2D eigenvalue weighted by atomic mass is 9.96. The van der Waals surface area contributed by atoms with Crippen LogP contribution in [0, 0.1) is 5.92 Å². The van der Waals surface area contributed by atoms with Gasteiger partial charge in [0.15, 0.2) is 0 Å². The van der Waals surface area contributed by atoms with Crippen LogP contribution in [-0.4, -0.2) is 81.0 Å². The van der Waals surface area contributed by atoms with Gasteiger partial charge in [0, 0.05) is 36.9 Å². The molecule has 0 radical (unpaired) electrons. The second-order valence-electron chi connectivity index (χ2n) is 8.24. The van der Waals surface area contributed by atoms with Crippen molar-refractivity contribution in [1.82, 2.24) is 15.1 Å². The Morgan fingerprint density at radius 1 is 1.25 bits per heavy atom. The SMILES string of the molecule is CN(C)CCN1CCC(CNC(=O)c2ccccc2SCC2CCCO2)CC1. The van der Waals surface area contributed by atoms with Gasteiger partial charge in [0.25, 0.3) is 5.91 Å². The summed E-state index contributed by atoms with van der Waals surface area (Å²) in [5.74, 6) is 1.58. The highest BCUT2D eigenvalue weighted by molar-refractivity contribution is 7.99. The standard InChI is InChI=1S/C22H35N3O2S/c1-24(2)13-14-25-11-9-18(10-12-25)16-23-22(26)20-7-3-4-8-21(20)28-17-19-6-5-15-27-19/h3-4,7-8,18-19H,5-6,9-17H2,1-2H3,(H,23,26). The second kappa shape index (κ2) is 11.2. The molecule has 0 saturated carbocycles. The number of likely N-dealkylation sites (N-methyl/N-ethyl adjacent to an activating group) is 1. The Morgan fingerprint density at radius 2 is 2.04 bits per heavy atom. The van der Waals surface area contributed by atoms with Gasteiger partial charge in [-0.3, -0.25) is 4.79 Å². The van der Waals surface area contributed by atoms with Crippen molar-refractivity contribution >= 4 is 17.7 Å². The maximum Gasteiger partial charge on any atom is 0.252 e. The fraction of sp³-hybridized carbons (Fsp3) is 0.682. The fourth-order valence-corrected chi connectivity index (χ4v) is 4.95. The van der Waals surface area contributed by atoms with Crippen LogP contribution in [0.3, 0.4) is 0 Å². The van der Waals surface area contributed by atoms with Crippen LogP contribution >= 0.6 is 11.8 Å². The summed E-state index contributed by atoms with van der Waals surface area (Å²) in [6, 6.07) is 7.96. The van der Waals surface area contributed by atoms with Gasteiger partial charge in [-0.2, -0.15) is 0 Å². The summed E-state index contributed by atoms with van der Waals surface area (Å²) in [7, 11) is 4.25. The van der Waals surface area contributed by atoms with Crippen LogP contribution in [0.5, 0.6) is 0 Å². The quantitative estimate of drug-likeness (QED) is 0.640. The molecule has 156 valence electrons. The second-order valence-corrected chi connectivity index (χ2v) is 9.30.